The first-order valence-electron chi connectivity index (χ1n) is 10.7. The smallest absolute Gasteiger partial charge is 0.0994 e. The lowest BCUT2D eigenvalue weighted by Gasteiger charge is -2.30. The maximum absolute atomic E-state index is 8.60. The molecule has 0 aromatic heterocycles. The number of hydrazine groups is 1. The van der Waals surface area contributed by atoms with Crippen LogP contribution in [0.4, 0.5) is 0 Å². The summed E-state index contributed by atoms with van der Waals surface area (Å²) in [4.78, 5) is 0. The summed E-state index contributed by atoms with van der Waals surface area (Å²) in [6.45, 7) is 13.1. The van der Waals surface area contributed by atoms with Crippen LogP contribution in [0, 0.1) is 18.3 Å². The zero-order valence-corrected chi connectivity index (χ0v) is 18.8. The average molecular weight is 397 g/mol. The summed E-state index contributed by atoms with van der Waals surface area (Å²) in [5.41, 5.74) is 9.40. The van der Waals surface area contributed by atoms with Crippen molar-refractivity contribution < 1.29 is 0 Å². The van der Waals surface area contributed by atoms with E-state index < -0.39 is 0 Å². The number of nitrogens with two attached hydrogens (primary N) is 2. The first-order valence-corrected chi connectivity index (χ1v) is 10.7. The van der Waals surface area contributed by atoms with Gasteiger partial charge in [-0.05, 0) is 49.5 Å². The van der Waals surface area contributed by atoms with Crippen LogP contribution < -0.4 is 11.6 Å². The number of benzene rings is 1. The topological polar surface area (TPSA) is 79.1 Å². The van der Waals surface area contributed by atoms with E-state index in [-0.39, 0.29) is 0 Å². The van der Waals surface area contributed by atoms with Crippen LogP contribution in [0.3, 0.4) is 0 Å². The van der Waals surface area contributed by atoms with Crippen LogP contribution in [0.2, 0.25) is 0 Å². The van der Waals surface area contributed by atoms with Crippen molar-refractivity contribution in [3.8, 4) is 6.07 Å². The van der Waals surface area contributed by atoms with E-state index in [0.29, 0.717) is 12.6 Å². The lowest BCUT2D eigenvalue weighted by Crippen LogP contribution is -2.43. The Bertz CT molecular complexity index is 677. The molecule has 0 amide bonds. The quantitative estimate of drug-likeness (QED) is 0.376. The zero-order valence-electron chi connectivity index (χ0n) is 18.8. The fourth-order valence-electron chi connectivity index (χ4n) is 3.14. The third kappa shape index (κ3) is 10.8. The molecule has 1 fully saturated rings. The molecule has 0 heterocycles. The highest BCUT2D eigenvalue weighted by atomic mass is 15.4. The van der Waals surface area contributed by atoms with Gasteiger partial charge in [0.2, 0.25) is 0 Å². The fourth-order valence-corrected chi connectivity index (χ4v) is 3.14. The van der Waals surface area contributed by atoms with Gasteiger partial charge in [0.05, 0.1) is 11.6 Å². The van der Waals surface area contributed by atoms with Crippen molar-refractivity contribution in [1.29, 1.82) is 5.26 Å². The summed E-state index contributed by atoms with van der Waals surface area (Å²) >= 11 is 0. The summed E-state index contributed by atoms with van der Waals surface area (Å²) in [6.07, 6.45) is 14.5. The Kier molecular flexibility index (Phi) is 15.5. The first kappa shape index (κ1) is 26.8. The minimum atomic E-state index is 0.534. The highest BCUT2D eigenvalue weighted by molar-refractivity contribution is 5.39. The third-order valence-electron chi connectivity index (χ3n) is 4.82. The van der Waals surface area contributed by atoms with Crippen molar-refractivity contribution in [2.75, 3.05) is 6.54 Å². The molecule has 1 aromatic rings. The second-order valence-corrected chi connectivity index (χ2v) is 6.90. The average Bonchev–Trinajstić information content (AvgIpc) is 2.78. The SMILES string of the molecule is C=C/C(=C\C=C/C)CN(N)C1CCCCC1.CC.Cc1cc(CN)ccc1C#N. The zero-order chi connectivity index (χ0) is 22.1. The molecule has 29 heavy (non-hydrogen) atoms. The maximum atomic E-state index is 8.60. The Morgan fingerprint density at radius 1 is 1.28 bits per heavy atom. The number of nitriles is 1. The van der Waals surface area contributed by atoms with E-state index in [1.54, 1.807) is 6.07 Å². The lowest BCUT2D eigenvalue weighted by atomic mass is 9.95. The van der Waals surface area contributed by atoms with Gasteiger partial charge in [0.25, 0.3) is 0 Å². The molecular formula is C25H40N4. The number of hydrogen-bond donors (Lipinski definition) is 2. The van der Waals surface area contributed by atoms with Gasteiger partial charge in [-0.25, -0.2) is 5.01 Å². The molecule has 4 heteroatoms. The fraction of sp³-hybridized carbons (Fsp3) is 0.480. The van der Waals surface area contributed by atoms with Crippen LogP contribution in [-0.4, -0.2) is 17.6 Å². The molecule has 1 saturated carbocycles. The molecule has 0 unspecified atom stereocenters. The molecule has 0 aliphatic heterocycles. The van der Waals surface area contributed by atoms with Crippen molar-refractivity contribution in [3.05, 3.63) is 71.3 Å². The lowest BCUT2D eigenvalue weighted by molar-refractivity contribution is 0.173. The van der Waals surface area contributed by atoms with E-state index >= 15 is 0 Å². The molecule has 1 aliphatic carbocycles. The van der Waals surface area contributed by atoms with E-state index in [2.05, 4.69) is 18.7 Å². The second-order valence-electron chi connectivity index (χ2n) is 6.90. The van der Waals surface area contributed by atoms with Crippen LogP contribution in [0.25, 0.3) is 0 Å². The first-order chi connectivity index (χ1) is 14.0. The van der Waals surface area contributed by atoms with Crippen molar-refractivity contribution in [1.82, 2.24) is 5.01 Å². The monoisotopic (exact) mass is 396 g/mol. The van der Waals surface area contributed by atoms with Crippen molar-refractivity contribution in [2.45, 2.75) is 72.4 Å². The van der Waals surface area contributed by atoms with Crippen molar-refractivity contribution in [3.63, 3.8) is 0 Å². The van der Waals surface area contributed by atoms with Crippen molar-refractivity contribution in [2.24, 2.45) is 11.6 Å². The van der Waals surface area contributed by atoms with Crippen LogP contribution in [0.5, 0.6) is 0 Å². The standard InChI is InChI=1S/C14H24N2.C9H10N2.C2H6/c1-3-5-9-13(4-2)12-16(15)14-10-7-6-8-11-14;1-7-4-8(5-10)2-3-9(7)6-11;1-2/h3-5,9,14H,2,6-8,10-12,15H2,1H3;2-4H,5,10H2,1H3;1-2H3/b5-3-,13-9+;;. The Morgan fingerprint density at radius 3 is 2.41 bits per heavy atom. The Hall–Kier alpha value is -2.19. The number of nitrogens with zero attached hydrogens (tertiary/aromatic N) is 2. The van der Waals surface area contributed by atoms with Gasteiger partial charge in [-0.1, -0.05) is 76.1 Å². The normalized spacial score (nSPS) is 14.5. The van der Waals surface area contributed by atoms with Gasteiger partial charge >= 0.3 is 0 Å². The van der Waals surface area contributed by atoms with Gasteiger partial charge < -0.3 is 5.73 Å². The van der Waals surface area contributed by atoms with Crippen LogP contribution in [0.15, 0.2) is 54.7 Å². The molecule has 160 valence electrons. The molecule has 1 aromatic carbocycles. The molecule has 4 N–H and O–H groups in total. The van der Waals surface area contributed by atoms with Gasteiger partial charge in [-0.3, -0.25) is 5.84 Å². The number of hydrogen-bond acceptors (Lipinski definition) is 4. The third-order valence-corrected chi connectivity index (χ3v) is 4.82. The maximum Gasteiger partial charge on any atom is 0.0994 e. The molecule has 1 aliphatic rings. The summed E-state index contributed by atoms with van der Waals surface area (Å²) < 4.78 is 0. The molecule has 0 saturated heterocycles. The van der Waals surface area contributed by atoms with E-state index in [4.69, 9.17) is 16.8 Å². The predicted octanol–water partition coefficient (Wildman–Crippen LogP) is 5.53. The molecule has 4 nitrogen and oxygen atoms in total. The van der Waals surface area contributed by atoms with Crippen molar-refractivity contribution >= 4 is 0 Å². The Balaban J connectivity index is 0.000000526. The number of allylic oxidation sites excluding steroid dienone is 3. The summed E-state index contributed by atoms with van der Waals surface area (Å²) in [7, 11) is 0. The highest BCUT2D eigenvalue weighted by Gasteiger charge is 2.18. The van der Waals surface area contributed by atoms with Gasteiger partial charge in [-0.2, -0.15) is 5.26 Å². The molecule has 0 atom stereocenters. The van der Waals surface area contributed by atoms with E-state index in [1.165, 1.54) is 37.7 Å². The molecule has 0 radical (unpaired) electrons. The largest absolute Gasteiger partial charge is 0.326 e. The van der Waals surface area contributed by atoms with E-state index in [1.807, 2.05) is 63.1 Å². The summed E-state index contributed by atoms with van der Waals surface area (Å²) in [5.74, 6) is 6.12. The van der Waals surface area contributed by atoms with E-state index in [0.717, 1.165) is 23.2 Å². The minimum Gasteiger partial charge on any atom is -0.326 e. The molecular weight excluding hydrogens is 356 g/mol. The van der Waals surface area contributed by atoms with Gasteiger partial charge in [0.15, 0.2) is 0 Å². The number of aryl methyl sites for hydroxylation is 1. The molecule has 0 spiro atoms. The second kappa shape index (κ2) is 16.7. The molecule has 0 bridgehead atoms. The Labute approximate surface area is 178 Å². The predicted molar refractivity (Wildman–Crippen MR) is 126 cm³/mol. The van der Waals surface area contributed by atoms with E-state index in [9.17, 15) is 0 Å². The van der Waals surface area contributed by atoms with Crippen LogP contribution >= 0.6 is 0 Å². The van der Waals surface area contributed by atoms with Gasteiger partial charge in [0, 0.05) is 19.1 Å². The summed E-state index contributed by atoms with van der Waals surface area (Å²) in [5, 5.41) is 10.6. The Morgan fingerprint density at radius 2 is 1.93 bits per heavy atom. The molecule has 2 rings (SSSR count). The van der Waals surface area contributed by atoms with Gasteiger partial charge in [-0.15, -0.1) is 0 Å². The highest BCUT2D eigenvalue weighted by Crippen LogP contribution is 2.21. The minimum absolute atomic E-state index is 0.534. The van der Waals surface area contributed by atoms with Gasteiger partial charge in [0.1, 0.15) is 0 Å². The van der Waals surface area contributed by atoms with Crippen LogP contribution in [0.1, 0.15) is 69.6 Å². The summed E-state index contributed by atoms with van der Waals surface area (Å²) in [6, 6.07) is 8.29. The van der Waals surface area contributed by atoms with Crippen LogP contribution in [-0.2, 0) is 6.54 Å². The number of rotatable bonds is 6.